The average molecular weight is 298 g/mol. The minimum atomic E-state index is -1.19. The molecular weight excluding hydrogens is 284 g/mol. The van der Waals surface area contributed by atoms with Crippen LogP contribution in [0, 0.1) is 10.1 Å². The molecule has 0 saturated heterocycles. The van der Waals surface area contributed by atoms with Crippen molar-refractivity contribution in [1.82, 2.24) is 5.32 Å². The molecule has 114 valence electrons. The first-order valence-corrected chi connectivity index (χ1v) is 6.04. The lowest BCUT2D eigenvalue weighted by molar-refractivity contribution is -0.420. The lowest BCUT2D eigenvalue weighted by atomic mass is 10.2. The van der Waals surface area contributed by atoms with Crippen LogP contribution in [0.2, 0.25) is 0 Å². The van der Waals surface area contributed by atoms with Crippen molar-refractivity contribution >= 4 is 17.8 Å². The smallest absolute Gasteiger partial charge is 0.412 e. The fraction of sp³-hybridized carbons (Fsp3) is 0.333. The Morgan fingerprint density at radius 1 is 1.33 bits per heavy atom. The Bertz CT molecular complexity index is 548. The molecule has 1 N–H and O–H groups in total. The van der Waals surface area contributed by atoms with E-state index in [-0.39, 0.29) is 19.0 Å². The van der Waals surface area contributed by atoms with Crippen molar-refractivity contribution in [3.63, 3.8) is 0 Å². The fourth-order valence-electron chi connectivity index (χ4n) is 1.39. The number of carbonyl (C=O) groups excluding carboxylic acids is 2. The largest absolute Gasteiger partial charge is 0.463 e. The summed E-state index contributed by atoms with van der Waals surface area (Å²) in [6.07, 6.45) is 0.290. The van der Waals surface area contributed by atoms with Gasteiger partial charge in [-0.05, 0) is 26.0 Å². The second-order valence-electron chi connectivity index (χ2n) is 3.52. The Labute approximate surface area is 119 Å². The summed E-state index contributed by atoms with van der Waals surface area (Å²) < 4.78 is 14.2. The predicted molar refractivity (Wildman–Crippen MR) is 69.4 cm³/mol. The number of rotatable bonds is 6. The molecule has 21 heavy (non-hydrogen) atoms. The molecule has 1 aromatic heterocycles. The fourth-order valence-corrected chi connectivity index (χ4v) is 1.39. The van der Waals surface area contributed by atoms with Crippen LogP contribution in [0.4, 0.5) is 4.79 Å². The Hall–Kier alpha value is -2.84. The van der Waals surface area contributed by atoms with Crippen molar-refractivity contribution in [2.75, 3.05) is 13.2 Å². The van der Waals surface area contributed by atoms with Crippen molar-refractivity contribution in [1.29, 1.82) is 0 Å². The summed E-state index contributed by atoms with van der Waals surface area (Å²) >= 11 is 0. The van der Waals surface area contributed by atoms with Crippen LogP contribution in [-0.4, -0.2) is 30.2 Å². The van der Waals surface area contributed by atoms with E-state index < -0.39 is 28.4 Å². The molecule has 0 aliphatic carbocycles. The summed E-state index contributed by atoms with van der Waals surface area (Å²) in [5.74, 6) is -1.26. The summed E-state index contributed by atoms with van der Waals surface area (Å²) in [5, 5.41) is 13.2. The summed E-state index contributed by atoms with van der Waals surface area (Å²) in [4.78, 5) is 33.3. The number of amides is 1. The minimum absolute atomic E-state index is 0.0545. The third kappa shape index (κ3) is 4.34. The highest BCUT2D eigenvalue weighted by molar-refractivity contribution is 5.96. The molecule has 0 spiro atoms. The topological polar surface area (TPSA) is 121 Å². The van der Waals surface area contributed by atoms with Gasteiger partial charge in [-0.3, -0.25) is 15.4 Å². The molecule has 9 nitrogen and oxygen atoms in total. The molecule has 0 saturated carbocycles. The van der Waals surface area contributed by atoms with Crippen LogP contribution < -0.4 is 5.32 Å². The van der Waals surface area contributed by atoms with Crippen molar-refractivity contribution in [3.05, 3.63) is 40.0 Å². The van der Waals surface area contributed by atoms with Gasteiger partial charge in [-0.2, -0.15) is 0 Å². The van der Waals surface area contributed by atoms with Gasteiger partial charge in [0.25, 0.3) is 0 Å². The van der Waals surface area contributed by atoms with Gasteiger partial charge in [0.05, 0.1) is 24.4 Å². The number of nitrogens with zero attached hydrogens (tertiary/aromatic N) is 1. The molecule has 0 atom stereocenters. The van der Waals surface area contributed by atoms with E-state index >= 15 is 0 Å². The number of nitro groups is 1. The zero-order valence-electron chi connectivity index (χ0n) is 11.5. The van der Waals surface area contributed by atoms with Crippen molar-refractivity contribution in [2.24, 2.45) is 0 Å². The molecule has 1 aromatic rings. The van der Waals surface area contributed by atoms with Gasteiger partial charge >= 0.3 is 17.8 Å². The first-order valence-electron chi connectivity index (χ1n) is 6.04. The van der Waals surface area contributed by atoms with E-state index in [1.807, 2.05) is 0 Å². The second kappa shape index (κ2) is 7.68. The summed E-state index contributed by atoms with van der Waals surface area (Å²) in [7, 11) is 0. The van der Waals surface area contributed by atoms with Crippen LogP contribution in [0.25, 0.3) is 5.70 Å². The molecule has 0 aromatic carbocycles. The van der Waals surface area contributed by atoms with E-state index in [1.165, 1.54) is 25.3 Å². The number of alkyl carbamates (subject to hydrolysis) is 1. The molecule has 1 heterocycles. The van der Waals surface area contributed by atoms with Crippen molar-refractivity contribution < 1.29 is 28.4 Å². The normalized spacial score (nSPS) is 11.3. The number of hydrogen-bond donors (Lipinski definition) is 1. The van der Waals surface area contributed by atoms with E-state index in [0.717, 1.165) is 0 Å². The molecule has 0 fully saturated rings. The molecular formula is C12H14N2O7. The van der Waals surface area contributed by atoms with Gasteiger partial charge in [0.15, 0.2) is 11.5 Å². The Kier molecular flexibility index (Phi) is 5.93. The van der Waals surface area contributed by atoms with Gasteiger partial charge in [-0.25, -0.2) is 9.59 Å². The van der Waals surface area contributed by atoms with Gasteiger partial charge < -0.3 is 13.9 Å². The maximum absolute atomic E-state index is 11.7. The maximum atomic E-state index is 11.7. The number of furan rings is 1. The van der Waals surface area contributed by atoms with Crippen LogP contribution in [0.5, 0.6) is 0 Å². The van der Waals surface area contributed by atoms with Crippen LogP contribution >= 0.6 is 0 Å². The highest BCUT2D eigenvalue weighted by Gasteiger charge is 2.33. The zero-order chi connectivity index (χ0) is 15.8. The third-order valence-corrected chi connectivity index (χ3v) is 2.16. The first-order chi connectivity index (χ1) is 10.0. The molecule has 0 aliphatic heterocycles. The van der Waals surface area contributed by atoms with Gasteiger partial charge in [0.2, 0.25) is 0 Å². The molecule has 1 rings (SSSR count). The Morgan fingerprint density at radius 3 is 2.48 bits per heavy atom. The van der Waals surface area contributed by atoms with E-state index in [1.54, 1.807) is 6.92 Å². The molecule has 0 unspecified atom stereocenters. The highest BCUT2D eigenvalue weighted by Crippen LogP contribution is 2.18. The first kappa shape index (κ1) is 16.2. The molecule has 0 bridgehead atoms. The SMILES string of the molecule is CCOC(=O)N/C(=C(/C(=O)OCC)[N+](=O)[O-])c1ccco1. The lowest BCUT2D eigenvalue weighted by Gasteiger charge is -2.08. The third-order valence-electron chi connectivity index (χ3n) is 2.16. The monoisotopic (exact) mass is 298 g/mol. The zero-order valence-corrected chi connectivity index (χ0v) is 11.5. The standard InChI is InChI=1S/C12H14N2O7/c1-3-19-11(15)10(14(17)18)9(8-6-5-7-21-8)13-12(16)20-4-2/h5-7H,3-4H2,1-2H3,(H,13,16)/b10-9-. The molecule has 0 aliphatic rings. The molecule has 1 amide bonds. The van der Waals surface area contributed by atoms with Crippen LogP contribution in [0.1, 0.15) is 19.6 Å². The van der Waals surface area contributed by atoms with Gasteiger partial charge in [-0.15, -0.1) is 0 Å². The number of esters is 1. The maximum Gasteiger partial charge on any atom is 0.412 e. The summed E-state index contributed by atoms with van der Waals surface area (Å²) in [6.45, 7) is 3.07. The molecule has 0 radical (unpaired) electrons. The van der Waals surface area contributed by atoms with E-state index in [0.29, 0.717) is 0 Å². The van der Waals surface area contributed by atoms with Crippen LogP contribution in [0.15, 0.2) is 28.5 Å². The lowest BCUT2D eigenvalue weighted by Crippen LogP contribution is -2.28. The Balaban J connectivity index is 3.29. The van der Waals surface area contributed by atoms with Crippen LogP contribution in [0.3, 0.4) is 0 Å². The Morgan fingerprint density at radius 2 is 2.00 bits per heavy atom. The van der Waals surface area contributed by atoms with E-state index in [2.05, 4.69) is 14.8 Å². The van der Waals surface area contributed by atoms with E-state index in [9.17, 15) is 19.7 Å². The van der Waals surface area contributed by atoms with Gasteiger partial charge in [-0.1, -0.05) is 0 Å². The number of ether oxygens (including phenoxy) is 2. The average Bonchev–Trinajstić information content (AvgIpc) is 2.91. The van der Waals surface area contributed by atoms with Crippen LogP contribution in [-0.2, 0) is 14.3 Å². The minimum Gasteiger partial charge on any atom is -0.463 e. The van der Waals surface area contributed by atoms with Crippen molar-refractivity contribution in [3.8, 4) is 0 Å². The second-order valence-corrected chi connectivity index (χ2v) is 3.52. The van der Waals surface area contributed by atoms with Gasteiger partial charge in [0.1, 0.15) is 0 Å². The predicted octanol–water partition coefficient (Wildman–Crippen LogP) is 1.53. The number of hydrogen-bond acceptors (Lipinski definition) is 7. The highest BCUT2D eigenvalue weighted by atomic mass is 16.6. The summed E-state index contributed by atoms with van der Waals surface area (Å²) in [6, 6.07) is 2.80. The van der Waals surface area contributed by atoms with Gasteiger partial charge in [0, 0.05) is 0 Å². The quantitative estimate of drug-likeness (QED) is 0.366. The number of carbonyl (C=O) groups is 2. The number of nitrogens with one attached hydrogen (secondary N) is 1. The summed E-state index contributed by atoms with van der Waals surface area (Å²) in [5.41, 5.74) is -1.37. The molecule has 9 heteroatoms. The van der Waals surface area contributed by atoms with E-state index in [4.69, 9.17) is 4.42 Å². The van der Waals surface area contributed by atoms with Crippen molar-refractivity contribution in [2.45, 2.75) is 13.8 Å².